The third-order valence-electron chi connectivity index (χ3n) is 2.63. The molecule has 0 radical (unpaired) electrons. The number of aromatic hydroxyl groups is 1. The monoisotopic (exact) mass is 265 g/mol. The van der Waals surface area contributed by atoms with Gasteiger partial charge >= 0.3 is 0 Å². The summed E-state index contributed by atoms with van der Waals surface area (Å²) in [7, 11) is 2.95. The molecule has 5 nitrogen and oxygen atoms in total. The number of phenols is 1. The topological polar surface area (TPSA) is 67.8 Å². The van der Waals surface area contributed by atoms with E-state index in [2.05, 4.69) is 11.9 Å². The predicted molar refractivity (Wildman–Crippen MR) is 72.7 cm³/mol. The number of phenolic OH excluding ortho intramolecular Hbond substituents is 1. The Labute approximate surface area is 112 Å². The average molecular weight is 265 g/mol. The number of carbonyl (C=O) groups excluding carboxylic acids is 1. The standard InChI is InChI=1S/C14H19NO4/c1-9(2)14(17)15-6-5-10-7-11(18-3)13(16)12(8-10)19-4/h7-8,16H,1,5-6H2,2-4H3,(H,15,17). The molecule has 0 aliphatic heterocycles. The summed E-state index contributed by atoms with van der Waals surface area (Å²) in [5.41, 5.74) is 1.37. The Morgan fingerprint density at radius 1 is 1.32 bits per heavy atom. The molecular weight excluding hydrogens is 246 g/mol. The molecule has 104 valence electrons. The van der Waals surface area contributed by atoms with Crippen molar-refractivity contribution in [1.29, 1.82) is 0 Å². The zero-order valence-corrected chi connectivity index (χ0v) is 11.4. The zero-order chi connectivity index (χ0) is 14.4. The van der Waals surface area contributed by atoms with Crippen molar-refractivity contribution in [1.82, 2.24) is 5.32 Å². The van der Waals surface area contributed by atoms with Gasteiger partial charge in [-0.15, -0.1) is 0 Å². The number of nitrogens with one attached hydrogen (secondary N) is 1. The van der Waals surface area contributed by atoms with Crippen molar-refractivity contribution >= 4 is 5.91 Å². The number of hydrogen-bond donors (Lipinski definition) is 2. The van der Waals surface area contributed by atoms with E-state index >= 15 is 0 Å². The molecule has 1 rings (SSSR count). The summed E-state index contributed by atoms with van der Waals surface area (Å²) in [6, 6.07) is 3.43. The van der Waals surface area contributed by atoms with Gasteiger partial charge in [0.15, 0.2) is 11.5 Å². The summed E-state index contributed by atoms with van der Waals surface area (Å²) in [4.78, 5) is 11.3. The first-order valence-electron chi connectivity index (χ1n) is 5.87. The lowest BCUT2D eigenvalue weighted by Crippen LogP contribution is -2.25. The molecule has 1 aromatic rings. The molecule has 1 aromatic carbocycles. The summed E-state index contributed by atoms with van der Waals surface area (Å²) in [6.45, 7) is 5.69. The fourth-order valence-corrected chi connectivity index (χ4v) is 1.56. The van der Waals surface area contributed by atoms with E-state index in [1.165, 1.54) is 14.2 Å². The van der Waals surface area contributed by atoms with E-state index in [1.54, 1.807) is 19.1 Å². The molecule has 0 aliphatic carbocycles. The maximum atomic E-state index is 11.3. The highest BCUT2D eigenvalue weighted by molar-refractivity contribution is 5.92. The highest BCUT2D eigenvalue weighted by Gasteiger charge is 2.11. The third-order valence-corrected chi connectivity index (χ3v) is 2.63. The van der Waals surface area contributed by atoms with Crippen molar-refractivity contribution < 1.29 is 19.4 Å². The van der Waals surface area contributed by atoms with E-state index in [1.807, 2.05) is 0 Å². The Morgan fingerprint density at radius 2 is 1.84 bits per heavy atom. The van der Waals surface area contributed by atoms with E-state index in [9.17, 15) is 9.90 Å². The predicted octanol–water partition coefficient (Wildman–Crippen LogP) is 1.64. The highest BCUT2D eigenvalue weighted by Crippen LogP contribution is 2.37. The van der Waals surface area contributed by atoms with Crippen molar-refractivity contribution in [2.75, 3.05) is 20.8 Å². The SMILES string of the molecule is C=C(C)C(=O)NCCc1cc(OC)c(O)c(OC)c1. The molecule has 0 heterocycles. The second-order valence-electron chi connectivity index (χ2n) is 4.14. The number of hydrogen-bond acceptors (Lipinski definition) is 4. The first-order valence-corrected chi connectivity index (χ1v) is 5.87. The van der Waals surface area contributed by atoms with Gasteiger partial charge in [0.1, 0.15) is 0 Å². The summed E-state index contributed by atoms with van der Waals surface area (Å²) in [6.07, 6.45) is 0.603. The van der Waals surface area contributed by atoms with Crippen LogP contribution in [-0.4, -0.2) is 31.8 Å². The van der Waals surface area contributed by atoms with Crippen LogP contribution >= 0.6 is 0 Å². The van der Waals surface area contributed by atoms with Gasteiger partial charge in [-0.2, -0.15) is 0 Å². The Bertz CT molecular complexity index is 457. The van der Waals surface area contributed by atoms with Gasteiger partial charge < -0.3 is 19.9 Å². The highest BCUT2D eigenvalue weighted by atomic mass is 16.5. The normalized spacial score (nSPS) is 9.84. The van der Waals surface area contributed by atoms with Crippen LogP contribution in [-0.2, 0) is 11.2 Å². The second-order valence-corrected chi connectivity index (χ2v) is 4.14. The largest absolute Gasteiger partial charge is 0.502 e. The number of benzene rings is 1. The molecule has 0 aromatic heterocycles. The molecule has 0 atom stereocenters. The Morgan fingerprint density at radius 3 is 2.26 bits per heavy atom. The van der Waals surface area contributed by atoms with Crippen molar-refractivity contribution in [3.8, 4) is 17.2 Å². The number of carbonyl (C=O) groups is 1. The Kier molecular flexibility index (Phi) is 5.23. The number of rotatable bonds is 6. The quantitative estimate of drug-likeness (QED) is 0.767. The number of ether oxygens (including phenoxy) is 2. The van der Waals surface area contributed by atoms with Gasteiger partial charge in [0, 0.05) is 12.1 Å². The van der Waals surface area contributed by atoms with Crippen LogP contribution in [0, 0.1) is 0 Å². The van der Waals surface area contributed by atoms with Crippen molar-refractivity contribution in [3.05, 3.63) is 29.8 Å². The molecule has 0 fully saturated rings. The smallest absolute Gasteiger partial charge is 0.246 e. The first-order chi connectivity index (χ1) is 8.99. The third kappa shape index (κ3) is 3.91. The molecule has 0 saturated heterocycles. The minimum atomic E-state index is -0.169. The lowest BCUT2D eigenvalue weighted by molar-refractivity contribution is -0.117. The number of amides is 1. The van der Waals surface area contributed by atoms with Gasteiger partial charge in [-0.05, 0) is 31.0 Å². The van der Waals surface area contributed by atoms with Gasteiger partial charge in [-0.1, -0.05) is 6.58 Å². The maximum Gasteiger partial charge on any atom is 0.246 e. The van der Waals surface area contributed by atoms with Crippen LogP contribution in [0.1, 0.15) is 12.5 Å². The van der Waals surface area contributed by atoms with Crippen LogP contribution in [0.4, 0.5) is 0 Å². The lowest BCUT2D eigenvalue weighted by atomic mass is 10.1. The van der Waals surface area contributed by atoms with Crippen molar-refractivity contribution in [2.24, 2.45) is 0 Å². The summed E-state index contributed by atoms with van der Waals surface area (Å²) in [5, 5.41) is 12.5. The van der Waals surface area contributed by atoms with E-state index in [0.717, 1.165) is 5.56 Å². The minimum absolute atomic E-state index is 0.0280. The molecule has 0 spiro atoms. The molecule has 2 N–H and O–H groups in total. The molecular formula is C14H19NO4. The summed E-state index contributed by atoms with van der Waals surface area (Å²) >= 11 is 0. The molecule has 0 saturated carbocycles. The molecule has 0 bridgehead atoms. The van der Waals surface area contributed by atoms with Crippen LogP contribution in [0.15, 0.2) is 24.3 Å². The molecule has 0 unspecified atom stereocenters. The molecule has 1 amide bonds. The van der Waals surface area contributed by atoms with Gasteiger partial charge in [-0.3, -0.25) is 4.79 Å². The average Bonchev–Trinajstić information content (AvgIpc) is 2.39. The second kappa shape index (κ2) is 6.68. The van der Waals surface area contributed by atoms with Gasteiger partial charge in [0.2, 0.25) is 11.7 Å². The van der Waals surface area contributed by atoms with E-state index in [4.69, 9.17) is 9.47 Å². The van der Waals surface area contributed by atoms with Crippen LogP contribution in [0.2, 0.25) is 0 Å². The maximum absolute atomic E-state index is 11.3. The Hall–Kier alpha value is -2.17. The van der Waals surface area contributed by atoms with Gasteiger partial charge in [0.25, 0.3) is 0 Å². The van der Waals surface area contributed by atoms with Gasteiger partial charge in [-0.25, -0.2) is 0 Å². The van der Waals surface area contributed by atoms with E-state index in [0.29, 0.717) is 30.0 Å². The fraction of sp³-hybridized carbons (Fsp3) is 0.357. The van der Waals surface area contributed by atoms with Crippen molar-refractivity contribution in [2.45, 2.75) is 13.3 Å². The van der Waals surface area contributed by atoms with Crippen LogP contribution < -0.4 is 14.8 Å². The van der Waals surface area contributed by atoms with Crippen LogP contribution in [0.3, 0.4) is 0 Å². The minimum Gasteiger partial charge on any atom is -0.502 e. The van der Waals surface area contributed by atoms with E-state index in [-0.39, 0.29) is 11.7 Å². The first kappa shape index (κ1) is 14.9. The lowest BCUT2D eigenvalue weighted by Gasteiger charge is -2.11. The number of methoxy groups -OCH3 is 2. The summed E-state index contributed by atoms with van der Waals surface area (Å²) < 4.78 is 10.1. The fourth-order valence-electron chi connectivity index (χ4n) is 1.56. The van der Waals surface area contributed by atoms with Gasteiger partial charge in [0.05, 0.1) is 14.2 Å². The Balaban J connectivity index is 2.73. The molecule has 0 aliphatic rings. The van der Waals surface area contributed by atoms with Crippen LogP contribution in [0.5, 0.6) is 17.2 Å². The summed E-state index contributed by atoms with van der Waals surface area (Å²) in [5.74, 6) is 0.499. The zero-order valence-electron chi connectivity index (χ0n) is 11.4. The molecule has 5 heteroatoms. The van der Waals surface area contributed by atoms with Crippen molar-refractivity contribution in [3.63, 3.8) is 0 Å². The van der Waals surface area contributed by atoms with Crippen LogP contribution in [0.25, 0.3) is 0 Å². The van der Waals surface area contributed by atoms with E-state index < -0.39 is 0 Å². The molecule has 19 heavy (non-hydrogen) atoms.